The summed E-state index contributed by atoms with van der Waals surface area (Å²) in [6.45, 7) is 0.659. The summed E-state index contributed by atoms with van der Waals surface area (Å²) in [5, 5.41) is 7.46. The molecule has 3 aromatic rings. The second kappa shape index (κ2) is 12.4. The molecule has 1 saturated carbocycles. The number of aromatic nitrogens is 2. The standard InChI is InChI=1S/C30H33ClF2N4O5/c1-36-25-8-4-3-7-21(25)27(35-36)28(39)34-24-17-23(32)19(15-22(24)31)16-26(38)30(33,37-13-5-6-14-37)42-20-11-9-18(10-12-20)29(40)41-2/h3-4,7-8,15,17-18,20H,5-6,9-14,16H2,1-2H3,(H,34,39)/t18-,20-,30?. The van der Waals surface area contributed by atoms with E-state index in [1.807, 2.05) is 12.1 Å². The van der Waals surface area contributed by atoms with Gasteiger partial charge in [0.1, 0.15) is 5.82 Å². The van der Waals surface area contributed by atoms with Crippen molar-refractivity contribution in [2.75, 3.05) is 25.5 Å². The second-order valence-electron chi connectivity index (χ2n) is 10.8. The second-order valence-corrected chi connectivity index (χ2v) is 11.2. The highest BCUT2D eigenvalue weighted by molar-refractivity contribution is 6.34. The molecule has 9 nitrogen and oxygen atoms in total. The van der Waals surface area contributed by atoms with Crippen LogP contribution in [0.15, 0.2) is 36.4 Å². The predicted molar refractivity (Wildman–Crippen MR) is 152 cm³/mol. The number of anilines is 1. The van der Waals surface area contributed by atoms with Gasteiger partial charge in [-0.3, -0.25) is 19.1 Å². The van der Waals surface area contributed by atoms with E-state index in [9.17, 15) is 14.4 Å². The monoisotopic (exact) mass is 602 g/mol. The van der Waals surface area contributed by atoms with Crippen molar-refractivity contribution < 1.29 is 32.6 Å². The molecule has 1 aliphatic carbocycles. The zero-order valence-electron chi connectivity index (χ0n) is 23.5. The maximum atomic E-state index is 16.5. The van der Waals surface area contributed by atoms with Crippen LogP contribution in [0.4, 0.5) is 14.5 Å². The van der Waals surface area contributed by atoms with Crippen LogP contribution in [0.5, 0.6) is 0 Å². The van der Waals surface area contributed by atoms with E-state index in [0.29, 0.717) is 57.0 Å². The number of amides is 1. The summed E-state index contributed by atoms with van der Waals surface area (Å²) < 4.78 is 44.0. The third kappa shape index (κ3) is 6.04. The fraction of sp³-hybridized carbons (Fsp3) is 0.467. The molecule has 1 aliphatic heterocycles. The van der Waals surface area contributed by atoms with Gasteiger partial charge >= 0.3 is 11.9 Å². The Hall–Kier alpha value is -3.41. The first-order chi connectivity index (χ1) is 20.1. The molecule has 2 aromatic carbocycles. The lowest BCUT2D eigenvalue weighted by Crippen LogP contribution is -2.54. The molecular weight excluding hydrogens is 570 g/mol. The molecule has 2 aliphatic rings. The number of nitrogens with one attached hydrogen (secondary N) is 1. The summed E-state index contributed by atoms with van der Waals surface area (Å²) >= 11 is 6.40. The Labute approximate surface area is 247 Å². The van der Waals surface area contributed by atoms with Crippen LogP contribution in [-0.2, 0) is 32.5 Å². The largest absolute Gasteiger partial charge is 0.469 e. The first kappa shape index (κ1) is 30.1. The summed E-state index contributed by atoms with van der Waals surface area (Å²) in [6, 6.07) is 9.41. The molecule has 0 bridgehead atoms. The summed E-state index contributed by atoms with van der Waals surface area (Å²) in [6.07, 6.45) is 1.96. The number of benzene rings is 2. The maximum Gasteiger partial charge on any atom is 0.330 e. The molecule has 12 heteroatoms. The van der Waals surface area contributed by atoms with Gasteiger partial charge in [0.15, 0.2) is 5.69 Å². The number of hydrogen-bond donors (Lipinski definition) is 1. The van der Waals surface area contributed by atoms with Crippen molar-refractivity contribution in [3.63, 3.8) is 0 Å². The van der Waals surface area contributed by atoms with E-state index in [4.69, 9.17) is 21.1 Å². The third-order valence-electron chi connectivity index (χ3n) is 8.10. The minimum Gasteiger partial charge on any atom is -0.469 e. The van der Waals surface area contributed by atoms with Crippen molar-refractivity contribution in [1.82, 2.24) is 14.7 Å². The van der Waals surface area contributed by atoms with Gasteiger partial charge in [-0.1, -0.05) is 29.8 Å². The highest BCUT2D eigenvalue weighted by Gasteiger charge is 2.49. The Balaban J connectivity index is 1.31. The molecule has 1 saturated heterocycles. The van der Waals surface area contributed by atoms with Crippen LogP contribution in [0.1, 0.15) is 54.6 Å². The predicted octanol–water partition coefficient (Wildman–Crippen LogP) is 5.20. The van der Waals surface area contributed by atoms with E-state index < -0.39 is 36.0 Å². The van der Waals surface area contributed by atoms with Crippen molar-refractivity contribution in [2.24, 2.45) is 13.0 Å². The zero-order chi connectivity index (χ0) is 30.0. The molecule has 0 spiro atoms. The number of likely N-dealkylation sites (tertiary alicyclic amines) is 1. The average Bonchev–Trinajstić information content (AvgIpc) is 3.65. The smallest absolute Gasteiger partial charge is 0.330 e. The molecular formula is C30H33ClF2N4O5. The lowest BCUT2D eigenvalue weighted by atomic mass is 9.87. The molecule has 1 atom stereocenters. The normalized spacial score (nSPS) is 20.8. The molecule has 1 aromatic heterocycles. The minimum absolute atomic E-state index is 0.00484. The van der Waals surface area contributed by atoms with Gasteiger partial charge in [-0.15, -0.1) is 0 Å². The van der Waals surface area contributed by atoms with Crippen molar-refractivity contribution >= 4 is 45.9 Å². The molecule has 1 amide bonds. The van der Waals surface area contributed by atoms with E-state index >= 15 is 8.78 Å². The molecule has 0 radical (unpaired) electrons. The highest BCUT2D eigenvalue weighted by atomic mass is 35.5. The number of alkyl halides is 1. The topological polar surface area (TPSA) is 103 Å². The molecule has 2 fully saturated rings. The number of carbonyl (C=O) groups excluding carboxylic acids is 3. The SMILES string of the molecule is COC(=O)[C@H]1CC[C@H](OC(F)(C(=O)Cc2cc(Cl)c(NC(=O)c3nn(C)c4ccccc34)cc2F)N2CCCC2)CC1. The fourth-order valence-electron chi connectivity index (χ4n) is 5.79. The van der Waals surface area contributed by atoms with Gasteiger partial charge in [0.2, 0.25) is 5.78 Å². The van der Waals surface area contributed by atoms with Gasteiger partial charge in [-0.05, 0) is 62.3 Å². The molecule has 42 heavy (non-hydrogen) atoms. The van der Waals surface area contributed by atoms with Crippen molar-refractivity contribution in [2.45, 2.75) is 57.0 Å². The van der Waals surface area contributed by atoms with Gasteiger partial charge < -0.3 is 14.8 Å². The maximum absolute atomic E-state index is 16.5. The molecule has 5 rings (SSSR count). The summed E-state index contributed by atoms with van der Waals surface area (Å²) in [4.78, 5) is 39.7. The number of ether oxygens (including phenoxy) is 2. The van der Waals surface area contributed by atoms with Crippen LogP contribution in [0, 0.1) is 11.7 Å². The number of nitrogens with zero attached hydrogens (tertiary/aromatic N) is 3. The first-order valence-electron chi connectivity index (χ1n) is 14.0. The first-order valence-corrected chi connectivity index (χ1v) is 14.4. The van der Waals surface area contributed by atoms with Crippen LogP contribution >= 0.6 is 11.6 Å². The lowest BCUT2D eigenvalue weighted by molar-refractivity contribution is -0.252. The van der Waals surface area contributed by atoms with Crippen LogP contribution in [0.3, 0.4) is 0 Å². The number of rotatable bonds is 9. The van der Waals surface area contributed by atoms with Gasteiger partial charge in [0.25, 0.3) is 5.91 Å². The third-order valence-corrected chi connectivity index (χ3v) is 8.41. The van der Waals surface area contributed by atoms with E-state index in [-0.39, 0.29) is 33.9 Å². The van der Waals surface area contributed by atoms with E-state index in [1.165, 1.54) is 18.1 Å². The number of aryl methyl sites for hydroxylation is 1. The summed E-state index contributed by atoms with van der Waals surface area (Å²) in [5.41, 5.74) is 0.773. The Morgan fingerprint density at radius 2 is 1.81 bits per heavy atom. The van der Waals surface area contributed by atoms with Gasteiger partial charge in [0.05, 0.1) is 35.4 Å². The van der Waals surface area contributed by atoms with Crippen LogP contribution in [0.25, 0.3) is 10.9 Å². The van der Waals surface area contributed by atoms with Crippen LogP contribution in [-0.4, -0.2) is 64.6 Å². The summed E-state index contributed by atoms with van der Waals surface area (Å²) in [5.74, 6) is -5.68. The Morgan fingerprint density at radius 3 is 2.50 bits per heavy atom. The summed E-state index contributed by atoms with van der Waals surface area (Å²) in [7, 11) is 3.04. The van der Waals surface area contributed by atoms with Crippen LogP contribution < -0.4 is 5.32 Å². The van der Waals surface area contributed by atoms with Crippen molar-refractivity contribution in [1.29, 1.82) is 0 Å². The number of methoxy groups -OCH3 is 1. The van der Waals surface area contributed by atoms with Crippen LogP contribution in [0.2, 0.25) is 5.02 Å². The van der Waals surface area contributed by atoms with Crippen molar-refractivity contribution in [3.05, 3.63) is 58.5 Å². The average molecular weight is 603 g/mol. The van der Waals surface area contributed by atoms with Gasteiger partial charge in [-0.25, -0.2) is 9.29 Å². The number of fused-ring (bicyclic) bond motifs is 1. The molecule has 224 valence electrons. The molecule has 1 N–H and O–H groups in total. The quantitative estimate of drug-likeness (QED) is 0.265. The number of halogens is 3. The minimum atomic E-state index is -2.74. The zero-order valence-corrected chi connectivity index (χ0v) is 24.3. The van der Waals surface area contributed by atoms with E-state index in [2.05, 4.69) is 10.4 Å². The number of esters is 1. The Kier molecular flexibility index (Phi) is 8.91. The number of carbonyl (C=O) groups is 3. The molecule has 2 heterocycles. The van der Waals surface area contributed by atoms with E-state index in [0.717, 1.165) is 11.6 Å². The molecule has 1 unspecified atom stereocenters. The highest BCUT2D eigenvalue weighted by Crippen LogP contribution is 2.35. The van der Waals surface area contributed by atoms with E-state index in [1.54, 1.807) is 23.9 Å². The number of para-hydroxylation sites is 1. The Morgan fingerprint density at radius 1 is 1.12 bits per heavy atom. The van der Waals surface area contributed by atoms with Gasteiger partial charge in [-0.2, -0.15) is 9.49 Å². The Bertz CT molecular complexity index is 1500. The number of Topliss-reactive ketones (excluding diaryl/α,β-unsaturated/α-hetero) is 1. The lowest BCUT2D eigenvalue weighted by Gasteiger charge is -2.37. The van der Waals surface area contributed by atoms with Gasteiger partial charge in [0, 0.05) is 31.9 Å². The fourth-order valence-corrected chi connectivity index (χ4v) is 6.02. The number of hydrogen-bond acceptors (Lipinski definition) is 7. The van der Waals surface area contributed by atoms with Crippen molar-refractivity contribution in [3.8, 4) is 0 Å². The number of ketones is 1.